The number of alkyl halides is 3. The minimum Gasteiger partial charge on any atom is -0.492 e. The highest BCUT2D eigenvalue weighted by Gasteiger charge is 2.32. The Bertz CT molecular complexity index is 1720. The predicted molar refractivity (Wildman–Crippen MR) is 184 cm³/mol. The molecule has 0 bridgehead atoms. The molecule has 4 aromatic rings. The van der Waals surface area contributed by atoms with Gasteiger partial charge in [0.1, 0.15) is 30.9 Å². The Hall–Kier alpha value is -4.99. The lowest BCUT2D eigenvalue weighted by atomic mass is 9.76. The summed E-state index contributed by atoms with van der Waals surface area (Å²) >= 11 is 0. The Balaban J connectivity index is 1.22. The Labute approximate surface area is 285 Å². The second-order valence-electron chi connectivity index (χ2n) is 12.4. The van der Waals surface area contributed by atoms with E-state index in [9.17, 15) is 18.0 Å². The van der Waals surface area contributed by atoms with E-state index in [1.54, 1.807) is 14.0 Å². The summed E-state index contributed by atoms with van der Waals surface area (Å²) in [7, 11) is 1.56. The fourth-order valence-electron chi connectivity index (χ4n) is 5.87. The highest BCUT2D eigenvalue weighted by Crippen LogP contribution is 2.40. The number of rotatable bonds is 13. The number of oxime groups is 1. The number of esters is 1. The predicted octanol–water partition coefficient (Wildman–Crippen LogP) is 8.22. The van der Waals surface area contributed by atoms with Gasteiger partial charge in [-0.3, -0.25) is 0 Å². The average Bonchev–Trinajstić information content (AvgIpc) is 3.09. The van der Waals surface area contributed by atoms with Crippen LogP contribution in [0, 0.1) is 0 Å². The van der Waals surface area contributed by atoms with Gasteiger partial charge in [0.25, 0.3) is 0 Å². The summed E-state index contributed by atoms with van der Waals surface area (Å²) in [6.45, 7) is 8.41. The lowest BCUT2D eigenvalue weighted by Crippen LogP contribution is -2.39. The van der Waals surface area contributed by atoms with Gasteiger partial charge >= 0.3 is 12.1 Å². The second-order valence-corrected chi connectivity index (χ2v) is 12.4. The van der Waals surface area contributed by atoms with E-state index in [1.165, 1.54) is 23.4 Å². The molecule has 1 atom stereocenters. The smallest absolute Gasteiger partial charge is 0.416 e. The molecule has 0 spiro atoms. The van der Waals surface area contributed by atoms with Crippen LogP contribution in [-0.4, -0.2) is 51.2 Å². The van der Waals surface area contributed by atoms with E-state index < -0.39 is 23.8 Å². The van der Waals surface area contributed by atoms with E-state index in [0.29, 0.717) is 18.9 Å². The van der Waals surface area contributed by atoms with Crippen LogP contribution in [0.25, 0.3) is 0 Å². The van der Waals surface area contributed by atoms with Gasteiger partial charge in [0.15, 0.2) is 6.10 Å². The number of anilines is 1. The third kappa shape index (κ3) is 8.93. The van der Waals surface area contributed by atoms with Gasteiger partial charge < -0.3 is 23.9 Å². The number of nitrogens with zero attached hydrogens (tertiary/aromatic N) is 2. The van der Waals surface area contributed by atoms with Crippen molar-refractivity contribution in [2.75, 3.05) is 38.3 Å². The Morgan fingerprint density at radius 3 is 2.27 bits per heavy atom. The van der Waals surface area contributed by atoms with E-state index in [2.05, 4.69) is 42.1 Å². The standard InChI is InChI=1S/C39H41F3N2O5/c1-5-47-37(45)35(49-32-18-14-30(15-19-32)39(40,41)42)25-27-11-16-31(17-12-27)48-24-23-44-22-21-38(2,3)33-26-29(13-20-34(33)44)36(43-46-4)28-9-7-6-8-10-28/h6-20,26,35H,5,21-25H2,1-4H3/b43-36+. The Morgan fingerprint density at radius 2 is 1.61 bits per heavy atom. The molecule has 0 aliphatic carbocycles. The summed E-state index contributed by atoms with van der Waals surface area (Å²) in [4.78, 5) is 20.2. The lowest BCUT2D eigenvalue weighted by molar-refractivity contribution is -0.151. The van der Waals surface area contributed by atoms with Crippen molar-refractivity contribution in [3.63, 3.8) is 0 Å². The molecule has 1 aliphatic heterocycles. The van der Waals surface area contributed by atoms with Crippen molar-refractivity contribution in [2.24, 2.45) is 5.16 Å². The molecule has 10 heteroatoms. The van der Waals surface area contributed by atoms with Gasteiger partial charge in [-0.1, -0.05) is 67.5 Å². The van der Waals surface area contributed by atoms with Gasteiger partial charge in [-0.2, -0.15) is 13.2 Å². The average molecular weight is 675 g/mol. The molecule has 1 aliphatic rings. The van der Waals surface area contributed by atoms with Crippen molar-refractivity contribution < 1.29 is 37.0 Å². The second kappa shape index (κ2) is 15.5. The van der Waals surface area contributed by atoms with Crippen LogP contribution in [0.4, 0.5) is 18.9 Å². The summed E-state index contributed by atoms with van der Waals surface area (Å²) in [5.41, 5.74) is 5.14. The van der Waals surface area contributed by atoms with E-state index in [-0.39, 0.29) is 24.2 Å². The summed E-state index contributed by atoms with van der Waals surface area (Å²) in [6, 6.07) is 28.0. The third-order valence-electron chi connectivity index (χ3n) is 8.56. The Morgan fingerprint density at radius 1 is 0.918 bits per heavy atom. The highest BCUT2D eigenvalue weighted by atomic mass is 19.4. The fraction of sp³-hybridized carbons (Fsp3) is 0.333. The molecule has 4 aromatic carbocycles. The minimum absolute atomic E-state index is 0.0228. The maximum Gasteiger partial charge on any atom is 0.416 e. The van der Waals surface area contributed by atoms with Gasteiger partial charge in [0, 0.05) is 29.8 Å². The summed E-state index contributed by atoms with van der Waals surface area (Å²) in [5, 5.41) is 4.35. The number of carbonyl (C=O) groups is 1. The molecule has 0 aromatic heterocycles. The molecular formula is C39H41F3N2O5. The van der Waals surface area contributed by atoms with Gasteiger partial charge in [-0.05, 0) is 78.4 Å². The highest BCUT2D eigenvalue weighted by molar-refractivity contribution is 6.13. The van der Waals surface area contributed by atoms with Crippen LogP contribution in [0.1, 0.15) is 55.0 Å². The normalized spacial score (nSPS) is 14.8. The zero-order valence-corrected chi connectivity index (χ0v) is 28.1. The fourth-order valence-corrected chi connectivity index (χ4v) is 5.87. The molecule has 1 heterocycles. The van der Waals surface area contributed by atoms with E-state index in [0.717, 1.165) is 47.5 Å². The van der Waals surface area contributed by atoms with Crippen molar-refractivity contribution in [3.05, 3.63) is 125 Å². The Kier molecular flexibility index (Phi) is 11.2. The number of ether oxygens (including phenoxy) is 3. The molecule has 0 N–H and O–H groups in total. The largest absolute Gasteiger partial charge is 0.492 e. The summed E-state index contributed by atoms with van der Waals surface area (Å²) in [5.74, 6) is 0.225. The lowest BCUT2D eigenvalue weighted by Gasteiger charge is -2.40. The van der Waals surface area contributed by atoms with Crippen LogP contribution < -0.4 is 14.4 Å². The van der Waals surface area contributed by atoms with E-state index in [1.807, 2.05) is 54.6 Å². The van der Waals surface area contributed by atoms with Gasteiger partial charge in [0.2, 0.25) is 0 Å². The van der Waals surface area contributed by atoms with Gasteiger partial charge in [0.05, 0.1) is 18.7 Å². The minimum atomic E-state index is -4.46. The molecular weight excluding hydrogens is 633 g/mol. The zero-order chi connectivity index (χ0) is 35.0. The number of hydrogen-bond donors (Lipinski definition) is 0. The van der Waals surface area contributed by atoms with Crippen LogP contribution >= 0.6 is 0 Å². The number of halogens is 3. The monoisotopic (exact) mass is 674 g/mol. The summed E-state index contributed by atoms with van der Waals surface area (Å²) < 4.78 is 55.9. The van der Waals surface area contributed by atoms with Crippen LogP contribution in [0.15, 0.2) is 102 Å². The number of hydrogen-bond acceptors (Lipinski definition) is 7. The number of carbonyl (C=O) groups excluding carboxylic acids is 1. The molecule has 7 nitrogen and oxygen atoms in total. The molecule has 258 valence electrons. The molecule has 5 rings (SSSR count). The van der Waals surface area contributed by atoms with Gasteiger partial charge in [-0.25, -0.2) is 4.79 Å². The first-order valence-corrected chi connectivity index (χ1v) is 16.3. The maximum atomic E-state index is 13.0. The molecule has 0 fully saturated rings. The zero-order valence-electron chi connectivity index (χ0n) is 28.1. The van der Waals surface area contributed by atoms with Crippen molar-refractivity contribution in [2.45, 2.75) is 51.3 Å². The van der Waals surface area contributed by atoms with Gasteiger partial charge in [-0.15, -0.1) is 0 Å². The summed E-state index contributed by atoms with van der Waals surface area (Å²) in [6.07, 6.45) is -4.34. The van der Waals surface area contributed by atoms with Crippen molar-refractivity contribution in [1.82, 2.24) is 0 Å². The first kappa shape index (κ1) is 35.3. The molecule has 0 radical (unpaired) electrons. The number of benzene rings is 4. The molecule has 0 saturated heterocycles. The first-order chi connectivity index (χ1) is 23.5. The maximum absolute atomic E-state index is 13.0. The van der Waals surface area contributed by atoms with Crippen LogP contribution in [0.5, 0.6) is 11.5 Å². The third-order valence-corrected chi connectivity index (χ3v) is 8.56. The quantitative estimate of drug-likeness (QED) is 0.0809. The topological polar surface area (TPSA) is 69.6 Å². The molecule has 0 saturated carbocycles. The van der Waals surface area contributed by atoms with Crippen LogP contribution in [0.2, 0.25) is 0 Å². The van der Waals surface area contributed by atoms with E-state index >= 15 is 0 Å². The van der Waals surface area contributed by atoms with Crippen molar-refractivity contribution in [3.8, 4) is 11.5 Å². The molecule has 49 heavy (non-hydrogen) atoms. The molecule has 0 amide bonds. The first-order valence-electron chi connectivity index (χ1n) is 16.3. The van der Waals surface area contributed by atoms with Crippen molar-refractivity contribution >= 4 is 17.4 Å². The van der Waals surface area contributed by atoms with Crippen LogP contribution in [0.3, 0.4) is 0 Å². The molecule has 1 unspecified atom stereocenters. The van der Waals surface area contributed by atoms with Crippen LogP contribution in [-0.2, 0) is 32.4 Å². The number of fused-ring (bicyclic) bond motifs is 1. The van der Waals surface area contributed by atoms with Crippen molar-refractivity contribution in [1.29, 1.82) is 0 Å². The van der Waals surface area contributed by atoms with E-state index in [4.69, 9.17) is 19.0 Å². The SMILES string of the molecule is CCOC(=O)C(Cc1ccc(OCCN2CCC(C)(C)c3cc(/C(=N/OC)c4ccccc4)ccc32)cc1)Oc1ccc(C(F)(F)F)cc1.